The highest BCUT2D eigenvalue weighted by atomic mass is 19.4. The van der Waals surface area contributed by atoms with Gasteiger partial charge in [0.1, 0.15) is 6.33 Å². The van der Waals surface area contributed by atoms with Gasteiger partial charge in [-0.25, -0.2) is 9.67 Å². The number of rotatable bonds is 6. The van der Waals surface area contributed by atoms with E-state index in [1.165, 1.54) is 23.1 Å². The molecule has 0 aliphatic carbocycles. The molecule has 0 radical (unpaired) electrons. The number of carbonyl (C=O) groups is 1. The molecule has 0 aliphatic heterocycles. The maximum absolute atomic E-state index is 12.7. The molecule has 2 aromatic carbocycles. The van der Waals surface area contributed by atoms with Crippen LogP contribution in [0, 0.1) is 0 Å². The maximum Gasteiger partial charge on any atom is 0.416 e. The van der Waals surface area contributed by atoms with Crippen molar-refractivity contribution in [3.63, 3.8) is 0 Å². The lowest BCUT2D eigenvalue weighted by Crippen LogP contribution is -2.05. The standard InChI is InChI=1S/C20H18F3N3O2/c1-2-28-18(27)12-5-14-3-6-15(7-4-14)19-24-13-26(25-19)17-10-8-16(9-11-17)20(21,22)23/h3-4,6-11,13H,2,5,12H2,1H3. The molecule has 0 bridgehead atoms. The Morgan fingerprint density at radius 1 is 1.07 bits per heavy atom. The van der Waals surface area contributed by atoms with Crippen molar-refractivity contribution < 1.29 is 22.7 Å². The summed E-state index contributed by atoms with van der Waals surface area (Å²) >= 11 is 0. The number of halogens is 3. The minimum Gasteiger partial charge on any atom is -0.466 e. The molecule has 8 heteroatoms. The van der Waals surface area contributed by atoms with Gasteiger partial charge in [0.05, 0.1) is 17.9 Å². The van der Waals surface area contributed by atoms with Gasteiger partial charge in [-0.05, 0) is 43.2 Å². The zero-order chi connectivity index (χ0) is 20.1. The molecule has 1 aromatic heterocycles. The summed E-state index contributed by atoms with van der Waals surface area (Å²) in [6.45, 7) is 2.13. The van der Waals surface area contributed by atoms with Crippen LogP contribution in [0.1, 0.15) is 24.5 Å². The van der Waals surface area contributed by atoms with Crippen molar-refractivity contribution in [1.82, 2.24) is 14.8 Å². The Hall–Kier alpha value is -3.16. The van der Waals surface area contributed by atoms with Crippen LogP contribution in [0.2, 0.25) is 0 Å². The molecule has 146 valence electrons. The van der Waals surface area contributed by atoms with Crippen LogP contribution in [-0.4, -0.2) is 27.3 Å². The highest BCUT2D eigenvalue weighted by Gasteiger charge is 2.30. The van der Waals surface area contributed by atoms with Gasteiger partial charge in [0, 0.05) is 12.0 Å². The molecule has 0 atom stereocenters. The van der Waals surface area contributed by atoms with Crippen molar-refractivity contribution in [1.29, 1.82) is 0 Å². The second-order valence-electron chi connectivity index (χ2n) is 6.06. The summed E-state index contributed by atoms with van der Waals surface area (Å²) in [5.41, 5.74) is 1.53. The SMILES string of the molecule is CCOC(=O)CCc1ccc(-c2ncn(-c3ccc(C(F)(F)F)cc3)n2)cc1. The molecule has 0 fully saturated rings. The largest absolute Gasteiger partial charge is 0.466 e. The van der Waals surface area contributed by atoms with Gasteiger partial charge in [-0.3, -0.25) is 4.79 Å². The summed E-state index contributed by atoms with van der Waals surface area (Å²) in [6.07, 6.45) is -2.03. The first-order valence-electron chi connectivity index (χ1n) is 8.71. The first kappa shape index (κ1) is 19.6. The molecule has 0 aliphatic rings. The Balaban J connectivity index is 1.69. The average molecular weight is 389 g/mol. The molecule has 0 saturated carbocycles. The predicted molar refractivity (Wildman–Crippen MR) is 96.8 cm³/mol. The molecule has 1 heterocycles. The molecule has 5 nitrogen and oxygen atoms in total. The smallest absolute Gasteiger partial charge is 0.416 e. The van der Waals surface area contributed by atoms with Gasteiger partial charge in [-0.15, -0.1) is 5.10 Å². The topological polar surface area (TPSA) is 57.0 Å². The number of carbonyl (C=O) groups excluding carboxylic acids is 1. The lowest BCUT2D eigenvalue weighted by molar-refractivity contribution is -0.143. The summed E-state index contributed by atoms with van der Waals surface area (Å²) in [5, 5.41) is 4.32. The van der Waals surface area contributed by atoms with E-state index in [1.807, 2.05) is 24.3 Å². The minimum absolute atomic E-state index is 0.233. The predicted octanol–water partition coefficient (Wildman–Crippen LogP) is 4.45. The number of alkyl halides is 3. The minimum atomic E-state index is -4.37. The molecule has 0 amide bonds. The van der Waals surface area contributed by atoms with Crippen molar-refractivity contribution in [3.8, 4) is 17.1 Å². The van der Waals surface area contributed by atoms with Gasteiger partial charge >= 0.3 is 12.1 Å². The van der Waals surface area contributed by atoms with Crippen molar-refractivity contribution in [2.24, 2.45) is 0 Å². The summed E-state index contributed by atoms with van der Waals surface area (Å²) < 4.78 is 44.3. The van der Waals surface area contributed by atoms with E-state index in [0.29, 0.717) is 31.0 Å². The Morgan fingerprint density at radius 3 is 2.36 bits per heavy atom. The van der Waals surface area contributed by atoms with Gasteiger partial charge in [0.25, 0.3) is 0 Å². The van der Waals surface area contributed by atoms with Crippen LogP contribution < -0.4 is 0 Å². The molecule has 0 spiro atoms. The number of benzene rings is 2. The van der Waals surface area contributed by atoms with Gasteiger partial charge in [-0.1, -0.05) is 24.3 Å². The number of hydrogen-bond donors (Lipinski definition) is 0. The fraction of sp³-hybridized carbons (Fsp3) is 0.250. The van der Waals surface area contributed by atoms with Gasteiger partial charge < -0.3 is 4.74 Å². The van der Waals surface area contributed by atoms with Crippen LogP contribution in [-0.2, 0) is 22.1 Å². The third-order valence-corrected chi connectivity index (χ3v) is 4.09. The van der Waals surface area contributed by atoms with Crippen molar-refractivity contribution in [3.05, 3.63) is 66.0 Å². The highest BCUT2D eigenvalue weighted by Crippen LogP contribution is 2.29. The molecular weight excluding hydrogens is 371 g/mol. The van der Waals surface area contributed by atoms with Crippen LogP contribution in [0.25, 0.3) is 17.1 Å². The van der Waals surface area contributed by atoms with E-state index in [2.05, 4.69) is 10.1 Å². The number of esters is 1. The molecule has 3 rings (SSSR count). The fourth-order valence-electron chi connectivity index (χ4n) is 2.62. The monoisotopic (exact) mass is 389 g/mol. The number of ether oxygens (including phenoxy) is 1. The van der Waals surface area contributed by atoms with Gasteiger partial charge in [-0.2, -0.15) is 13.2 Å². The third-order valence-electron chi connectivity index (χ3n) is 4.09. The summed E-state index contributed by atoms with van der Waals surface area (Å²) in [6, 6.07) is 12.2. The quantitative estimate of drug-likeness (QED) is 0.585. The highest BCUT2D eigenvalue weighted by molar-refractivity contribution is 5.69. The van der Waals surface area contributed by atoms with E-state index >= 15 is 0 Å². The third kappa shape index (κ3) is 4.76. The van der Waals surface area contributed by atoms with Gasteiger partial charge in [0.15, 0.2) is 5.82 Å². The normalized spacial score (nSPS) is 11.4. The zero-order valence-electron chi connectivity index (χ0n) is 15.1. The Bertz CT molecular complexity index is 933. The fourth-order valence-corrected chi connectivity index (χ4v) is 2.62. The lowest BCUT2D eigenvalue weighted by Gasteiger charge is -2.07. The van der Waals surface area contributed by atoms with E-state index in [0.717, 1.165) is 23.3 Å². The average Bonchev–Trinajstić information content (AvgIpc) is 3.17. The second-order valence-corrected chi connectivity index (χ2v) is 6.06. The van der Waals surface area contributed by atoms with Crippen molar-refractivity contribution >= 4 is 5.97 Å². The van der Waals surface area contributed by atoms with Crippen LogP contribution in [0.4, 0.5) is 13.2 Å². The van der Waals surface area contributed by atoms with Crippen LogP contribution >= 0.6 is 0 Å². The first-order valence-corrected chi connectivity index (χ1v) is 8.71. The Labute approximate surface area is 159 Å². The van der Waals surface area contributed by atoms with E-state index in [4.69, 9.17) is 4.74 Å². The maximum atomic E-state index is 12.7. The number of aryl methyl sites for hydroxylation is 1. The summed E-state index contributed by atoms with van der Waals surface area (Å²) in [5.74, 6) is 0.223. The molecule has 3 aromatic rings. The van der Waals surface area contributed by atoms with E-state index in [9.17, 15) is 18.0 Å². The van der Waals surface area contributed by atoms with E-state index in [1.54, 1.807) is 6.92 Å². The molecule has 0 N–H and O–H groups in total. The van der Waals surface area contributed by atoms with Crippen LogP contribution in [0.5, 0.6) is 0 Å². The van der Waals surface area contributed by atoms with E-state index < -0.39 is 11.7 Å². The number of aromatic nitrogens is 3. The Morgan fingerprint density at radius 2 is 1.75 bits per heavy atom. The van der Waals surface area contributed by atoms with Gasteiger partial charge in [0.2, 0.25) is 0 Å². The lowest BCUT2D eigenvalue weighted by atomic mass is 10.1. The second kappa shape index (κ2) is 8.24. The Kier molecular flexibility index (Phi) is 5.77. The molecule has 0 unspecified atom stereocenters. The van der Waals surface area contributed by atoms with Crippen LogP contribution in [0.3, 0.4) is 0 Å². The summed E-state index contributed by atoms with van der Waals surface area (Å²) in [7, 11) is 0. The number of hydrogen-bond acceptors (Lipinski definition) is 4. The summed E-state index contributed by atoms with van der Waals surface area (Å²) in [4.78, 5) is 15.6. The zero-order valence-corrected chi connectivity index (χ0v) is 15.1. The molecular formula is C20H18F3N3O2. The number of nitrogens with zero attached hydrogens (tertiary/aromatic N) is 3. The van der Waals surface area contributed by atoms with E-state index in [-0.39, 0.29) is 5.97 Å². The van der Waals surface area contributed by atoms with Crippen molar-refractivity contribution in [2.75, 3.05) is 6.61 Å². The first-order chi connectivity index (χ1) is 13.4. The molecule has 0 saturated heterocycles. The molecule has 28 heavy (non-hydrogen) atoms. The van der Waals surface area contributed by atoms with Crippen molar-refractivity contribution in [2.45, 2.75) is 25.9 Å². The van der Waals surface area contributed by atoms with Crippen LogP contribution in [0.15, 0.2) is 54.9 Å².